The number of nitrogens with zero attached hydrogens (tertiary/aromatic N) is 2. The summed E-state index contributed by atoms with van der Waals surface area (Å²) >= 11 is 2.88. The van der Waals surface area contributed by atoms with E-state index in [9.17, 15) is 9.59 Å². The molecule has 0 spiro atoms. The number of carbonyl (C=O) groups is 1. The summed E-state index contributed by atoms with van der Waals surface area (Å²) in [6.45, 7) is 1.96. The van der Waals surface area contributed by atoms with Crippen LogP contribution in [0.2, 0.25) is 0 Å². The third kappa shape index (κ3) is 5.22. The zero-order valence-electron chi connectivity index (χ0n) is 22.5. The first-order valence-corrected chi connectivity index (χ1v) is 14.7. The van der Waals surface area contributed by atoms with Crippen LogP contribution in [0.15, 0.2) is 93.1 Å². The molecule has 1 aliphatic heterocycles. The molecule has 0 aliphatic carbocycles. The molecule has 7 nitrogen and oxygen atoms in total. The highest BCUT2D eigenvalue weighted by Crippen LogP contribution is 2.35. The van der Waals surface area contributed by atoms with Crippen LogP contribution in [-0.2, 0) is 9.53 Å². The molecular weight excluding hydrogens is 544 g/mol. The van der Waals surface area contributed by atoms with Gasteiger partial charge in [-0.05, 0) is 55.2 Å². The molecule has 1 aliphatic rings. The summed E-state index contributed by atoms with van der Waals surface area (Å²) in [5.74, 6) is 0.739. The molecule has 1 atom stereocenters. The minimum atomic E-state index is -0.726. The van der Waals surface area contributed by atoms with Gasteiger partial charge < -0.3 is 14.2 Å². The van der Waals surface area contributed by atoms with E-state index >= 15 is 0 Å². The van der Waals surface area contributed by atoms with E-state index in [1.807, 2.05) is 66.9 Å². The lowest BCUT2D eigenvalue weighted by Crippen LogP contribution is -2.40. The van der Waals surface area contributed by atoms with Crippen LogP contribution in [0, 0.1) is 0 Å². The Labute approximate surface area is 240 Å². The Kier molecular flexibility index (Phi) is 8.23. The summed E-state index contributed by atoms with van der Waals surface area (Å²) in [6, 6.07) is 22.1. The number of thiazole rings is 1. The Hall–Kier alpha value is -4.08. The Bertz CT molecular complexity index is 1760. The molecule has 4 aromatic rings. The first kappa shape index (κ1) is 27.5. The molecule has 0 saturated carbocycles. The van der Waals surface area contributed by atoms with E-state index < -0.39 is 12.0 Å². The van der Waals surface area contributed by atoms with Crippen LogP contribution in [0.3, 0.4) is 0 Å². The van der Waals surface area contributed by atoms with Crippen LogP contribution < -0.4 is 24.4 Å². The summed E-state index contributed by atoms with van der Waals surface area (Å²) < 4.78 is 18.5. The summed E-state index contributed by atoms with van der Waals surface area (Å²) in [4.78, 5) is 34.1. The molecule has 0 bridgehead atoms. The maximum atomic E-state index is 14.1. The van der Waals surface area contributed by atoms with E-state index in [1.54, 1.807) is 55.7 Å². The topological polar surface area (TPSA) is 79.1 Å². The van der Waals surface area contributed by atoms with Crippen LogP contribution in [0.1, 0.15) is 29.7 Å². The fourth-order valence-electron chi connectivity index (χ4n) is 4.64. The molecule has 9 heteroatoms. The quantitative estimate of drug-likeness (QED) is 0.226. The normalized spacial score (nSPS) is 14.9. The van der Waals surface area contributed by atoms with Crippen molar-refractivity contribution < 1.29 is 19.0 Å². The SMILES string of the molecule is CCOC(=O)C1=C(c2ccccc2)N=c2s/c(=C/c3cc(OC)ccc3OC)c(=O)n2[C@@H]1c1ccc(SC)cc1. The number of benzene rings is 3. The number of aromatic nitrogens is 1. The van der Waals surface area contributed by atoms with E-state index in [1.165, 1.54) is 11.3 Å². The van der Waals surface area contributed by atoms with Crippen molar-refractivity contribution in [3.63, 3.8) is 0 Å². The van der Waals surface area contributed by atoms with Crippen LogP contribution in [0.4, 0.5) is 0 Å². The fraction of sp³-hybridized carbons (Fsp3) is 0.194. The van der Waals surface area contributed by atoms with Crippen molar-refractivity contribution in [2.24, 2.45) is 4.99 Å². The summed E-state index contributed by atoms with van der Waals surface area (Å²) in [5, 5.41) is 0. The number of methoxy groups -OCH3 is 2. The average molecular weight is 573 g/mol. The summed E-state index contributed by atoms with van der Waals surface area (Å²) in [5.41, 5.74) is 2.80. The standard InChI is InChI=1S/C31H28N2O5S2/c1-5-38-30(35)26-27(19-9-7-6-8-10-19)32-31-33(28(26)20-11-14-23(39-4)15-12-20)29(34)25(40-31)18-21-17-22(36-2)13-16-24(21)37-3/h6-18,28H,5H2,1-4H3/b25-18+/t28-/m1/s1. The van der Waals surface area contributed by atoms with E-state index in [0.29, 0.717) is 37.7 Å². The second-order valence-electron chi connectivity index (χ2n) is 8.81. The molecule has 0 N–H and O–H groups in total. The number of hydrogen-bond donors (Lipinski definition) is 0. The van der Waals surface area contributed by atoms with Crippen molar-refractivity contribution in [2.45, 2.75) is 17.9 Å². The average Bonchev–Trinajstić information content (AvgIpc) is 3.31. The Balaban J connectivity index is 1.82. The molecule has 0 fully saturated rings. The van der Waals surface area contributed by atoms with Gasteiger partial charge in [-0.1, -0.05) is 53.8 Å². The van der Waals surface area contributed by atoms with Crippen molar-refractivity contribution in [3.05, 3.63) is 115 Å². The zero-order chi connectivity index (χ0) is 28.2. The molecule has 5 rings (SSSR count). The van der Waals surface area contributed by atoms with Gasteiger partial charge in [-0.3, -0.25) is 9.36 Å². The molecule has 3 aromatic carbocycles. The fourth-order valence-corrected chi connectivity index (χ4v) is 6.04. The van der Waals surface area contributed by atoms with Crippen LogP contribution in [0.5, 0.6) is 11.5 Å². The molecule has 40 heavy (non-hydrogen) atoms. The van der Waals surface area contributed by atoms with Gasteiger partial charge in [0.15, 0.2) is 4.80 Å². The van der Waals surface area contributed by atoms with Gasteiger partial charge >= 0.3 is 5.97 Å². The number of thioether (sulfide) groups is 1. The van der Waals surface area contributed by atoms with E-state index in [-0.39, 0.29) is 12.2 Å². The van der Waals surface area contributed by atoms with Gasteiger partial charge in [-0.25, -0.2) is 9.79 Å². The van der Waals surface area contributed by atoms with Crippen molar-refractivity contribution in [1.82, 2.24) is 4.57 Å². The van der Waals surface area contributed by atoms with Crippen LogP contribution >= 0.6 is 23.1 Å². The van der Waals surface area contributed by atoms with E-state index in [2.05, 4.69) is 0 Å². The minimum Gasteiger partial charge on any atom is -0.497 e. The first-order valence-electron chi connectivity index (χ1n) is 12.6. The monoisotopic (exact) mass is 572 g/mol. The van der Waals surface area contributed by atoms with E-state index in [4.69, 9.17) is 19.2 Å². The Morgan fingerprint density at radius 2 is 1.80 bits per heavy atom. The Morgan fingerprint density at radius 3 is 2.45 bits per heavy atom. The van der Waals surface area contributed by atoms with Crippen molar-refractivity contribution >= 4 is 40.8 Å². The van der Waals surface area contributed by atoms with E-state index in [0.717, 1.165) is 16.0 Å². The summed E-state index contributed by atoms with van der Waals surface area (Å²) in [7, 11) is 3.17. The molecule has 0 amide bonds. The lowest BCUT2D eigenvalue weighted by molar-refractivity contribution is -0.138. The molecule has 1 aromatic heterocycles. The molecule has 204 valence electrons. The number of carbonyl (C=O) groups excluding carboxylic acids is 1. The minimum absolute atomic E-state index is 0.197. The largest absolute Gasteiger partial charge is 0.497 e. The van der Waals surface area contributed by atoms with Gasteiger partial charge in [0.2, 0.25) is 0 Å². The number of fused-ring (bicyclic) bond motifs is 1. The predicted molar refractivity (Wildman–Crippen MR) is 159 cm³/mol. The Morgan fingerprint density at radius 1 is 1.05 bits per heavy atom. The molecule has 0 unspecified atom stereocenters. The maximum absolute atomic E-state index is 14.1. The lowest BCUT2D eigenvalue weighted by Gasteiger charge is -2.26. The first-order chi connectivity index (χ1) is 19.5. The molecule has 0 saturated heterocycles. The molecule has 2 heterocycles. The number of hydrogen-bond acceptors (Lipinski definition) is 8. The molecular formula is C31H28N2O5S2. The van der Waals surface area contributed by atoms with Gasteiger partial charge in [-0.2, -0.15) is 0 Å². The van der Waals surface area contributed by atoms with Crippen LogP contribution in [-0.4, -0.2) is 37.6 Å². The highest BCUT2D eigenvalue weighted by Gasteiger charge is 2.35. The van der Waals surface area contributed by atoms with Crippen molar-refractivity contribution in [2.75, 3.05) is 27.1 Å². The number of esters is 1. The van der Waals surface area contributed by atoms with Gasteiger partial charge in [0.25, 0.3) is 5.56 Å². The highest BCUT2D eigenvalue weighted by molar-refractivity contribution is 7.98. The predicted octanol–water partition coefficient (Wildman–Crippen LogP) is 4.67. The zero-order valence-corrected chi connectivity index (χ0v) is 24.2. The van der Waals surface area contributed by atoms with Gasteiger partial charge in [0.1, 0.15) is 11.5 Å². The smallest absolute Gasteiger partial charge is 0.338 e. The van der Waals surface area contributed by atoms with Gasteiger partial charge in [-0.15, -0.1) is 11.8 Å². The second-order valence-corrected chi connectivity index (χ2v) is 10.7. The van der Waals surface area contributed by atoms with Gasteiger partial charge in [0.05, 0.1) is 42.7 Å². The van der Waals surface area contributed by atoms with Crippen molar-refractivity contribution in [1.29, 1.82) is 0 Å². The third-order valence-electron chi connectivity index (χ3n) is 6.53. The highest BCUT2D eigenvalue weighted by atomic mass is 32.2. The lowest BCUT2D eigenvalue weighted by atomic mass is 9.93. The van der Waals surface area contributed by atoms with Gasteiger partial charge in [0, 0.05) is 16.0 Å². The number of ether oxygens (including phenoxy) is 3. The van der Waals surface area contributed by atoms with Crippen molar-refractivity contribution in [3.8, 4) is 11.5 Å². The molecule has 0 radical (unpaired) electrons. The number of rotatable bonds is 8. The third-order valence-corrected chi connectivity index (χ3v) is 8.26. The second kappa shape index (κ2) is 12.0. The maximum Gasteiger partial charge on any atom is 0.338 e. The summed E-state index contributed by atoms with van der Waals surface area (Å²) in [6.07, 6.45) is 3.78. The van der Waals surface area contributed by atoms with Crippen LogP contribution in [0.25, 0.3) is 11.8 Å².